The minimum Gasteiger partial charge on any atom is -0.504 e. The summed E-state index contributed by atoms with van der Waals surface area (Å²) in [7, 11) is 1.69. The van der Waals surface area contributed by atoms with Crippen molar-refractivity contribution in [2.24, 2.45) is 7.05 Å². The minimum absolute atomic E-state index is 0.0216. The summed E-state index contributed by atoms with van der Waals surface area (Å²) in [5.74, 6) is 0.126. The topological polar surface area (TPSA) is 92.9 Å². The number of aryl methyl sites for hydroxylation is 2. The summed E-state index contributed by atoms with van der Waals surface area (Å²) in [4.78, 5) is 20.4. The molecule has 7 nitrogen and oxygen atoms in total. The highest BCUT2D eigenvalue weighted by molar-refractivity contribution is 6.33. The van der Waals surface area contributed by atoms with Crippen LogP contribution in [0.5, 0.6) is 5.75 Å². The number of hydrogen-bond acceptors (Lipinski definition) is 5. The van der Waals surface area contributed by atoms with E-state index in [9.17, 15) is 9.90 Å². The molecule has 2 aromatic heterocycles. The Labute approximate surface area is 127 Å². The summed E-state index contributed by atoms with van der Waals surface area (Å²) < 4.78 is 1.47. The molecule has 0 saturated carbocycles. The molecular weight excluding hydrogens is 294 g/mol. The molecule has 0 aliphatic heterocycles. The molecule has 0 aromatic carbocycles. The number of nitrogens with zero attached hydrogens (tertiary/aromatic N) is 4. The Hall–Kier alpha value is -2.15. The molecule has 1 amide bonds. The average Bonchev–Trinajstić information content (AvgIpc) is 2.78. The highest BCUT2D eigenvalue weighted by Crippen LogP contribution is 2.22. The molecule has 0 radical (unpaired) electrons. The van der Waals surface area contributed by atoms with Gasteiger partial charge in [-0.2, -0.15) is 5.10 Å². The Morgan fingerprint density at radius 2 is 2.29 bits per heavy atom. The quantitative estimate of drug-likeness (QED) is 0.895. The van der Waals surface area contributed by atoms with Crippen LogP contribution in [-0.2, 0) is 13.5 Å². The first kappa shape index (κ1) is 15.2. The number of hydrogen-bond donors (Lipinski definition) is 2. The van der Waals surface area contributed by atoms with Gasteiger partial charge in [-0.05, 0) is 6.92 Å². The van der Waals surface area contributed by atoms with E-state index in [4.69, 9.17) is 11.6 Å². The SMILES string of the molecule is CCc1ncc(Cl)c(C(=O)NC(C)c2nn(C)cc2O)n1. The number of rotatable bonds is 4. The van der Waals surface area contributed by atoms with Gasteiger partial charge in [0, 0.05) is 13.5 Å². The van der Waals surface area contributed by atoms with E-state index in [1.54, 1.807) is 14.0 Å². The first-order valence-corrected chi connectivity index (χ1v) is 6.85. The molecule has 2 N–H and O–H groups in total. The van der Waals surface area contributed by atoms with Crippen molar-refractivity contribution >= 4 is 17.5 Å². The lowest BCUT2D eigenvalue weighted by Crippen LogP contribution is -2.28. The van der Waals surface area contributed by atoms with Gasteiger partial charge in [0.15, 0.2) is 5.75 Å². The Kier molecular flexibility index (Phi) is 4.42. The van der Waals surface area contributed by atoms with E-state index < -0.39 is 11.9 Å². The zero-order valence-electron chi connectivity index (χ0n) is 12.0. The predicted molar refractivity (Wildman–Crippen MR) is 77.2 cm³/mol. The lowest BCUT2D eigenvalue weighted by atomic mass is 10.2. The number of carbonyl (C=O) groups excluding carboxylic acids is 1. The Bertz CT molecular complexity index is 671. The van der Waals surface area contributed by atoms with Gasteiger partial charge in [0.1, 0.15) is 17.2 Å². The van der Waals surface area contributed by atoms with Crippen LogP contribution in [0.2, 0.25) is 5.02 Å². The highest BCUT2D eigenvalue weighted by Gasteiger charge is 2.20. The molecule has 0 spiro atoms. The number of carbonyl (C=O) groups is 1. The van der Waals surface area contributed by atoms with Gasteiger partial charge in [-0.15, -0.1) is 0 Å². The summed E-state index contributed by atoms with van der Waals surface area (Å²) in [5, 5.41) is 16.7. The number of nitrogens with one attached hydrogen (secondary N) is 1. The first-order valence-electron chi connectivity index (χ1n) is 6.47. The van der Waals surface area contributed by atoms with E-state index in [0.29, 0.717) is 17.9 Å². The van der Waals surface area contributed by atoms with Crippen LogP contribution in [0.4, 0.5) is 0 Å². The number of amides is 1. The van der Waals surface area contributed by atoms with Crippen molar-refractivity contribution in [3.05, 3.63) is 34.6 Å². The van der Waals surface area contributed by atoms with Crippen molar-refractivity contribution < 1.29 is 9.90 Å². The molecule has 0 bridgehead atoms. The first-order chi connectivity index (χ1) is 9.92. The smallest absolute Gasteiger partial charge is 0.272 e. The van der Waals surface area contributed by atoms with Crippen molar-refractivity contribution in [2.45, 2.75) is 26.3 Å². The Balaban J connectivity index is 2.20. The minimum atomic E-state index is -0.477. The lowest BCUT2D eigenvalue weighted by molar-refractivity contribution is 0.0933. The highest BCUT2D eigenvalue weighted by atomic mass is 35.5. The normalized spacial score (nSPS) is 12.2. The Morgan fingerprint density at radius 3 is 2.86 bits per heavy atom. The van der Waals surface area contributed by atoms with E-state index in [0.717, 1.165) is 0 Å². The summed E-state index contributed by atoms with van der Waals surface area (Å²) in [6, 6.07) is -0.477. The van der Waals surface area contributed by atoms with Crippen molar-refractivity contribution in [1.82, 2.24) is 25.1 Å². The molecule has 8 heteroatoms. The monoisotopic (exact) mass is 309 g/mol. The molecule has 2 rings (SSSR count). The van der Waals surface area contributed by atoms with Gasteiger partial charge in [0.2, 0.25) is 0 Å². The third-order valence-electron chi connectivity index (χ3n) is 2.92. The van der Waals surface area contributed by atoms with Crippen LogP contribution in [0.1, 0.15) is 41.9 Å². The number of aromatic nitrogens is 4. The van der Waals surface area contributed by atoms with Crippen molar-refractivity contribution in [3.63, 3.8) is 0 Å². The molecule has 0 aliphatic carbocycles. The maximum Gasteiger partial charge on any atom is 0.272 e. The van der Waals surface area contributed by atoms with Gasteiger partial charge in [-0.25, -0.2) is 9.97 Å². The fourth-order valence-corrected chi connectivity index (χ4v) is 2.05. The molecule has 1 unspecified atom stereocenters. The molecule has 0 saturated heterocycles. The molecule has 2 aromatic rings. The van der Waals surface area contributed by atoms with E-state index >= 15 is 0 Å². The zero-order chi connectivity index (χ0) is 15.6. The maximum absolute atomic E-state index is 12.2. The van der Waals surface area contributed by atoms with Gasteiger partial charge in [-0.3, -0.25) is 9.48 Å². The second-order valence-corrected chi connectivity index (χ2v) is 5.01. The van der Waals surface area contributed by atoms with Crippen molar-refractivity contribution in [3.8, 4) is 5.75 Å². The van der Waals surface area contributed by atoms with Gasteiger partial charge in [-0.1, -0.05) is 18.5 Å². The fraction of sp³-hybridized carbons (Fsp3) is 0.385. The summed E-state index contributed by atoms with van der Waals surface area (Å²) in [6.45, 7) is 3.61. The fourth-order valence-electron chi connectivity index (χ4n) is 1.87. The standard InChI is InChI=1S/C13H16ClN5O2/c1-4-10-15-5-8(14)12(17-10)13(21)16-7(2)11-9(20)6-19(3)18-11/h5-7,20H,4H2,1-3H3,(H,16,21). The van der Waals surface area contributed by atoms with Crippen LogP contribution in [0, 0.1) is 0 Å². The predicted octanol–water partition coefficient (Wildman–Crippen LogP) is 1.62. The molecule has 21 heavy (non-hydrogen) atoms. The number of halogens is 1. The molecular formula is C13H16ClN5O2. The Morgan fingerprint density at radius 1 is 1.57 bits per heavy atom. The molecule has 1 atom stereocenters. The summed E-state index contributed by atoms with van der Waals surface area (Å²) in [6.07, 6.45) is 3.48. The van der Waals surface area contributed by atoms with E-state index in [1.165, 1.54) is 17.1 Å². The summed E-state index contributed by atoms with van der Waals surface area (Å²) in [5.41, 5.74) is 0.498. The van der Waals surface area contributed by atoms with Crippen molar-refractivity contribution in [1.29, 1.82) is 0 Å². The van der Waals surface area contributed by atoms with Crippen LogP contribution in [-0.4, -0.2) is 30.8 Å². The van der Waals surface area contributed by atoms with Gasteiger partial charge in [0.05, 0.1) is 23.5 Å². The average molecular weight is 310 g/mol. The molecule has 0 aliphatic rings. The van der Waals surface area contributed by atoms with Crippen LogP contribution < -0.4 is 5.32 Å². The van der Waals surface area contributed by atoms with E-state index in [-0.39, 0.29) is 16.5 Å². The molecule has 112 valence electrons. The van der Waals surface area contributed by atoms with E-state index in [2.05, 4.69) is 20.4 Å². The van der Waals surface area contributed by atoms with Crippen LogP contribution in [0.15, 0.2) is 12.4 Å². The lowest BCUT2D eigenvalue weighted by Gasteiger charge is -2.12. The van der Waals surface area contributed by atoms with Gasteiger partial charge in [0.25, 0.3) is 5.91 Å². The third-order valence-corrected chi connectivity index (χ3v) is 3.20. The molecule has 2 heterocycles. The number of aromatic hydroxyl groups is 1. The van der Waals surface area contributed by atoms with Gasteiger partial charge >= 0.3 is 0 Å². The van der Waals surface area contributed by atoms with Crippen LogP contribution in [0.3, 0.4) is 0 Å². The largest absolute Gasteiger partial charge is 0.504 e. The maximum atomic E-state index is 12.2. The second-order valence-electron chi connectivity index (χ2n) is 4.60. The molecule has 0 fully saturated rings. The second kappa shape index (κ2) is 6.09. The van der Waals surface area contributed by atoms with Crippen molar-refractivity contribution in [2.75, 3.05) is 0 Å². The summed E-state index contributed by atoms with van der Waals surface area (Å²) >= 11 is 5.96. The van der Waals surface area contributed by atoms with Crippen LogP contribution >= 0.6 is 11.6 Å². The zero-order valence-corrected chi connectivity index (χ0v) is 12.7. The van der Waals surface area contributed by atoms with E-state index in [1.807, 2.05) is 6.92 Å². The van der Waals surface area contributed by atoms with Crippen LogP contribution in [0.25, 0.3) is 0 Å². The van der Waals surface area contributed by atoms with Gasteiger partial charge < -0.3 is 10.4 Å². The third kappa shape index (κ3) is 3.30.